The minimum atomic E-state index is -0.240. The lowest BCUT2D eigenvalue weighted by molar-refractivity contribution is -0.123. The Balaban J connectivity index is 1.44. The van der Waals surface area contributed by atoms with Gasteiger partial charge in [-0.05, 0) is 48.6 Å². The van der Waals surface area contributed by atoms with E-state index in [0.717, 1.165) is 27.9 Å². The molecule has 0 spiro atoms. The van der Waals surface area contributed by atoms with E-state index in [1.807, 2.05) is 57.2 Å². The highest BCUT2D eigenvalue weighted by atomic mass is 16.2. The minimum Gasteiger partial charge on any atom is -0.346 e. The van der Waals surface area contributed by atoms with Crippen LogP contribution in [0.5, 0.6) is 0 Å². The molecule has 0 radical (unpaired) electrons. The van der Waals surface area contributed by atoms with E-state index in [2.05, 4.69) is 52.3 Å². The van der Waals surface area contributed by atoms with E-state index >= 15 is 0 Å². The van der Waals surface area contributed by atoms with Crippen LogP contribution in [0, 0.1) is 13.8 Å². The van der Waals surface area contributed by atoms with Gasteiger partial charge in [0.15, 0.2) is 0 Å². The average Bonchev–Trinajstić information content (AvgIpc) is 2.79. The summed E-state index contributed by atoms with van der Waals surface area (Å²) in [6.45, 7) is 5.98. The van der Waals surface area contributed by atoms with Crippen molar-refractivity contribution in [3.63, 3.8) is 0 Å². The molecule has 0 heterocycles. The molecular weight excluding hydrogens is 386 g/mol. The summed E-state index contributed by atoms with van der Waals surface area (Å²) in [7, 11) is 0. The van der Waals surface area contributed by atoms with E-state index in [4.69, 9.17) is 0 Å². The standard InChI is InChI=1S/C26H29N3O2/c1-18-8-7-9-19(2)26(18)29-25(31)17-28-24(30)16-27-20(3)21-12-14-23(15-13-21)22-10-5-4-6-11-22/h4-15,20,27H,16-17H2,1-3H3,(H,28,30)(H,29,31)/t20-/m0/s1. The number of nitrogens with one attached hydrogen (secondary N) is 3. The number of aryl methyl sites for hydroxylation is 2. The van der Waals surface area contributed by atoms with Gasteiger partial charge in [0.1, 0.15) is 0 Å². The van der Waals surface area contributed by atoms with Crippen LogP contribution in [0.2, 0.25) is 0 Å². The Labute approximate surface area is 183 Å². The number of hydrogen-bond acceptors (Lipinski definition) is 3. The zero-order valence-corrected chi connectivity index (χ0v) is 18.2. The molecule has 31 heavy (non-hydrogen) atoms. The number of carbonyl (C=O) groups is 2. The molecule has 0 saturated carbocycles. The lowest BCUT2D eigenvalue weighted by Crippen LogP contribution is -2.39. The number of benzene rings is 3. The topological polar surface area (TPSA) is 70.2 Å². The molecule has 0 aliphatic rings. The molecule has 2 amide bonds. The number of amides is 2. The van der Waals surface area contributed by atoms with Gasteiger partial charge in [-0.15, -0.1) is 0 Å². The number of para-hydroxylation sites is 1. The number of rotatable bonds is 8. The maximum atomic E-state index is 12.2. The second-order valence-corrected chi connectivity index (χ2v) is 7.68. The molecule has 3 aromatic rings. The fraction of sp³-hybridized carbons (Fsp3) is 0.231. The number of anilines is 1. The van der Waals surface area contributed by atoms with Gasteiger partial charge in [-0.25, -0.2) is 0 Å². The van der Waals surface area contributed by atoms with E-state index in [0.29, 0.717) is 0 Å². The van der Waals surface area contributed by atoms with Crippen molar-refractivity contribution in [1.82, 2.24) is 10.6 Å². The Hall–Kier alpha value is -3.44. The van der Waals surface area contributed by atoms with Crippen LogP contribution in [-0.4, -0.2) is 24.9 Å². The van der Waals surface area contributed by atoms with Crippen LogP contribution in [-0.2, 0) is 9.59 Å². The zero-order chi connectivity index (χ0) is 22.2. The maximum Gasteiger partial charge on any atom is 0.243 e. The molecule has 0 aliphatic heterocycles. The quantitative estimate of drug-likeness (QED) is 0.511. The van der Waals surface area contributed by atoms with Crippen LogP contribution >= 0.6 is 0 Å². The number of hydrogen-bond donors (Lipinski definition) is 3. The molecule has 0 unspecified atom stereocenters. The van der Waals surface area contributed by atoms with Crippen LogP contribution in [0.3, 0.4) is 0 Å². The van der Waals surface area contributed by atoms with Gasteiger partial charge in [0.2, 0.25) is 11.8 Å². The lowest BCUT2D eigenvalue weighted by Gasteiger charge is -2.15. The zero-order valence-electron chi connectivity index (χ0n) is 18.2. The van der Waals surface area contributed by atoms with Crippen molar-refractivity contribution in [3.8, 4) is 11.1 Å². The van der Waals surface area contributed by atoms with Crippen LogP contribution in [0.25, 0.3) is 11.1 Å². The summed E-state index contributed by atoms with van der Waals surface area (Å²) in [6, 6.07) is 24.4. The summed E-state index contributed by atoms with van der Waals surface area (Å²) in [6.07, 6.45) is 0. The Bertz CT molecular complexity index is 1010. The monoisotopic (exact) mass is 415 g/mol. The largest absolute Gasteiger partial charge is 0.346 e. The molecule has 0 saturated heterocycles. The van der Waals surface area contributed by atoms with Gasteiger partial charge in [0, 0.05) is 11.7 Å². The van der Waals surface area contributed by atoms with Crippen molar-refractivity contribution in [3.05, 3.63) is 89.5 Å². The molecule has 0 aliphatic carbocycles. The lowest BCUT2D eigenvalue weighted by atomic mass is 10.0. The SMILES string of the molecule is Cc1cccc(C)c1NC(=O)CNC(=O)CN[C@@H](C)c1ccc(-c2ccccc2)cc1. The third kappa shape index (κ3) is 6.27. The molecular formula is C26H29N3O2. The fourth-order valence-corrected chi connectivity index (χ4v) is 3.40. The molecule has 0 aromatic heterocycles. The van der Waals surface area contributed by atoms with Gasteiger partial charge in [-0.3, -0.25) is 9.59 Å². The van der Waals surface area contributed by atoms with Crippen LogP contribution in [0.1, 0.15) is 29.7 Å². The first-order chi connectivity index (χ1) is 14.9. The van der Waals surface area contributed by atoms with E-state index in [1.165, 1.54) is 5.56 Å². The molecule has 160 valence electrons. The Kier molecular flexibility index (Phi) is 7.57. The van der Waals surface area contributed by atoms with Crippen molar-refractivity contribution in [2.24, 2.45) is 0 Å². The summed E-state index contributed by atoms with van der Waals surface area (Å²) < 4.78 is 0. The van der Waals surface area contributed by atoms with Gasteiger partial charge in [-0.1, -0.05) is 72.8 Å². The Morgan fingerprint density at radius 3 is 2.00 bits per heavy atom. The molecule has 5 nitrogen and oxygen atoms in total. The van der Waals surface area contributed by atoms with Gasteiger partial charge in [0.25, 0.3) is 0 Å². The summed E-state index contributed by atoms with van der Waals surface area (Å²) in [5.41, 5.74) is 6.21. The molecule has 0 bridgehead atoms. The van der Waals surface area contributed by atoms with Gasteiger partial charge in [-0.2, -0.15) is 0 Å². The van der Waals surface area contributed by atoms with E-state index in [1.54, 1.807) is 0 Å². The summed E-state index contributed by atoms with van der Waals surface area (Å²) in [4.78, 5) is 24.3. The molecule has 1 atom stereocenters. The maximum absolute atomic E-state index is 12.2. The molecule has 0 fully saturated rings. The van der Waals surface area contributed by atoms with E-state index in [9.17, 15) is 9.59 Å². The molecule has 3 N–H and O–H groups in total. The summed E-state index contributed by atoms with van der Waals surface area (Å²) >= 11 is 0. The first-order valence-corrected chi connectivity index (χ1v) is 10.5. The second-order valence-electron chi connectivity index (χ2n) is 7.68. The van der Waals surface area contributed by atoms with Gasteiger partial charge in [0.05, 0.1) is 13.1 Å². The third-order valence-corrected chi connectivity index (χ3v) is 5.28. The molecule has 3 aromatic carbocycles. The van der Waals surface area contributed by atoms with E-state index in [-0.39, 0.29) is 30.9 Å². The predicted octanol–water partition coefficient (Wildman–Crippen LogP) is 4.38. The van der Waals surface area contributed by atoms with Crippen molar-refractivity contribution in [2.45, 2.75) is 26.8 Å². The molecule has 3 rings (SSSR count). The highest BCUT2D eigenvalue weighted by Gasteiger charge is 2.11. The smallest absolute Gasteiger partial charge is 0.243 e. The minimum absolute atomic E-state index is 0.0130. The summed E-state index contributed by atoms with van der Waals surface area (Å²) in [5, 5.41) is 8.74. The summed E-state index contributed by atoms with van der Waals surface area (Å²) in [5.74, 6) is -0.459. The van der Waals surface area contributed by atoms with Crippen LogP contribution in [0.15, 0.2) is 72.8 Å². The van der Waals surface area contributed by atoms with Crippen molar-refractivity contribution in [1.29, 1.82) is 0 Å². The number of carbonyl (C=O) groups excluding carboxylic acids is 2. The van der Waals surface area contributed by atoms with Crippen LogP contribution < -0.4 is 16.0 Å². The normalized spacial score (nSPS) is 11.6. The first-order valence-electron chi connectivity index (χ1n) is 10.5. The Morgan fingerprint density at radius 2 is 1.35 bits per heavy atom. The highest BCUT2D eigenvalue weighted by molar-refractivity contribution is 5.95. The highest BCUT2D eigenvalue weighted by Crippen LogP contribution is 2.22. The second kappa shape index (κ2) is 10.5. The first kappa shape index (κ1) is 22.2. The van der Waals surface area contributed by atoms with Crippen molar-refractivity contribution >= 4 is 17.5 Å². The van der Waals surface area contributed by atoms with Crippen molar-refractivity contribution < 1.29 is 9.59 Å². The van der Waals surface area contributed by atoms with Crippen LogP contribution in [0.4, 0.5) is 5.69 Å². The molecule has 5 heteroatoms. The average molecular weight is 416 g/mol. The van der Waals surface area contributed by atoms with E-state index < -0.39 is 0 Å². The van der Waals surface area contributed by atoms with Gasteiger partial charge >= 0.3 is 0 Å². The van der Waals surface area contributed by atoms with Gasteiger partial charge < -0.3 is 16.0 Å². The predicted molar refractivity (Wildman–Crippen MR) is 126 cm³/mol. The fourth-order valence-electron chi connectivity index (χ4n) is 3.40. The third-order valence-electron chi connectivity index (χ3n) is 5.28. The Morgan fingerprint density at radius 1 is 0.742 bits per heavy atom. The van der Waals surface area contributed by atoms with Crippen molar-refractivity contribution in [2.75, 3.05) is 18.4 Å².